The smallest absolute Gasteiger partial charge is 0.0657 e. The van der Waals surface area contributed by atoms with Crippen molar-refractivity contribution in [2.24, 2.45) is 0 Å². The van der Waals surface area contributed by atoms with Crippen molar-refractivity contribution in [1.82, 2.24) is 0 Å². The summed E-state index contributed by atoms with van der Waals surface area (Å²) in [6, 6.07) is 9.12. The second-order valence-corrected chi connectivity index (χ2v) is 17.5. The fraction of sp³-hybridized carbons (Fsp3) is 0.238. The first-order valence-corrected chi connectivity index (χ1v) is 18.9. The zero-order valence-electron chi connectivity index (χ0n) is 17.3. The van der Waals surface area contributed by atoms with E-state index in [2.05, 4.69) is 61.4 Å². The van der Waals surface area contributed by atoms with E-state index in [-0.39, 0.29) is 0 Å². The van der Waals surface area contributed by atoms with Gasteiger partial charge in [-0.25, -0.2) is 0 Å². The van der Waals surface area contributed by atoms with Gasteiger partial charge in [0.1, 0.15) is 0 Å². The third-order valence-corrected chi connectivity index (χ3v) is 16.3. The second kappa shape index (κ2) is 12.2. The van der Waals surface area contributed by atoms with Gasteiger partial charge in [0.05, 0.1) is 25.4 Å². The highest BCUT2D eigenvalue weighted by Crippen LogP contribution is 2.57. The van der Waals surface area contributed by atoms with E-state index in [1.807, 2.05) is 117 Å². The van der Waals surface area contributed by atoms with Gasteiger partial charge in [0.15, 0.2) is 0 Å². The van der Waals surface area contributed by atoms with Crippen LogP contribution in [-0.2, 0) is 6.42 Å². The van der Waals surface area contributed by atoms with Gasteiger partial charge in [-0.15, -0.1) is 69.7 Å². The van der Waals surface area contributed by atoms with E-state index >= 15 is 0 Å². The summed E-state index contributed by atoms with van der Waals surface area (Å²) in [4.78, 5) is 5.57. The Balaban J connectivity index is 1.38. The minimum Gasteiger partial charge on any atom is -0.141 e. The van der Waals surface area contributed by atoms with Crippen LogP contribution in [0.4, 0.5) is 0 Å². The standard InChI is InChI=1S/C21H20S10/c1-22-18-19(23-2)29-16(28-18)10-14-7-5-12(26-14)9-13-6-8-15(27-13)11-17-30-20(24-3)21(25-4)31-17/h5-8,10-11H,9H2,1-4H3. The highest BCUT2D eigenvalue weighted by molar-refractivity contribution is 8.41. The van der Waals surface area contributed by atoms with Crippen molar-refractivity contribution in [1.29, 1.82) is 0 Å². The Kier molecular flexibility index (Phi) is 9.96. The molecule has 0 atom stereocenters. The summed E-state index contributed by atoms with van der Waals surface area (Å²) in [5.74, 6) is 0. The maximum atomic E-state index is 2.35. The van der Waals surface area contributed by atoms with E-state index in [4.69, 9.17) is 0 Å². The molecule has 4 rings (SSSR count). The molecule has 0 unspecified atom stereocenters. The first-order chi connectivity index (χ1) is 15.1. The molecule has 2 aromatic rings. The molecule has 31 heavy (non-hydrogen) atoms. The maximum absolute atomic E-state index is 2.35. The van der Waals surface area contributed by atoms with Crippen LogP contribution in [0.25, 0.3) is 12.2 Å². The van der Waals surface area contributed by atoms with E-state index in [0.717, 1.165) is 6.42 Å². The summed E-state index contributed by atoms with van der Waals surface area (Å²) in [6.45, 7) is 0. The SMILES string of the molecule is CSC1=C(SC)SC(=Cc2ccc(Cc3ccc(C=C4SC(SC)=C(SC)S4)s3)s2)S1. The van der Waals surface area contributed by atoms with Crippen LogP contribution in [0.3, 0.4) is 0 Å². The lowest BCUT2D eigenvalue weighted by Crippen LogP contribution is -1.76. The molecule has 0 bridgehead atoms. The van der Waals surface area contributed by atoms with Gasteiger partial charge >= 0.3 is 0 Å². The van der Waals surface area contributed by atoms with Gasteiger partial charge in [0, 0.05) is 25.9 Å². The summed E-state index contributed by atoms with van der Waals surface area (Å²) in [7, 11) is 0. The van der Waals surface area contributed by atoms with Gasteiger partial charge in [-0.2, -0.15) is 0 Å². The molecule has 164 valence electrons. The molecule has 0 nitrogen and oxygen atoms in total. The van der Waals surface area contributed by atoms with Crippen molar-refractivity contribution >= 4 is 129 Å². The third-order valence-electron chi connectivity index (χ3n) is 4.08. The summed E-state index contributed by atoms with van der Waals surface area (Å²) in [5.41, 5.74) is 0. The molecule has 0 N–H and O–H groups in total. The third kappa shape index (κ3) is 6.64. The van der Waals surface area contributed by atoms with Crippen molar-refractivity contribution in [2.45, 2.75) is 6.42 Å². The molecule has 2 aliphatic heterocycles. The highest BCUT2D eigenvalue weighted by Gasteiger charge is 2.21. The molecule has 0 saturated heterocycles. The quantitative estimate of drug-likeness (QED) is 0.293. The zero-order chi connectivity index (χ0) is 21.8. The van der Waals surface area contributed by atoms with Gasteiger partial charge in [0.2, 0.25) is 0 Å². The Bertz CT molecular complexity index is 945. The van der Waals surface area contributed by atoms with Crippen molar-refractivity contribution < 1.29 is 0 Å². The average molecular weight is 593 g/mol. The lowest BCUT2D eigenvalue weighted by Gasteiger charge is -1.95. The molecule has 0 saturated carbocycles. The molecule has 0 spiro atoms. The molecule has 4 heterocycles. The van der Waals surface area contributed by atoms with Crippen LogP contribution >= 0.6 is 117 Å². The first-order valence-electron chi connectivity index (χ1n) is 9.08. The molecule has 0 aliphatic carbocycles. The van der Waals surface area contributed by atoms with Gasteiger partial charge < -0.3 is 0 Å². The van der Waals surface area contributed by atoms with E-state index in [9.17, 15) is 0 Å². The van der Waals surface area contributed by atoms with E-state index in [1.165, 1.54) is 44.9 Å². The maximum Gasteiger partial charge on any atom is 0.0657 e. The molecule has 0 amide bonds. The number of thioether (sulfide) groups is 8. The summed E-state index contributed by atoms with van der Waals surface area (Å²) >= 11 is 18.9. The van der Waals surface area contributed by atoms with Crippen LogP contribution < -0.4 is 0 Å². The van der Waals surface area contributed by atoms with Crippen molar-refractivity contribution in [2.75, 3.05) is 25.0 Å². The molecule has 2 aliphatic rings. The second-order valence-electron chi connectivity index (χ2n) is 6.09. The Morgan fingerprint density at radius 2 is 0.935 bits per heavy atom. The van der Waals surface area contributed by atoms with Gasteiger partial charge in [-0.3, -0.25) is 0 Å². The zero-order valence-corrected chi connectivity index (χ0v) is 25.4. The lowest BCUT2D eigenvalue weighted by molar-refractivity contribution is 1.31. The van der Waals surface area contributed by atoms with Crippen molar-refractivity contribution in [3.05, 3.63) is 69.2 Å². The Morgan fingerprint density at radius 1 is 0.581 bits per heavy atom. The number of hydrogen-bond donors (Lipinski definition) is 0. The minimum absolute atomic E-state index is 1.02. The van der Waals surface area contributed by atoms with E-state index in [1.54, 1.807) is 0 Å². The molecule has 0 fully saturated rings. The fourth-order valence-electron chi connectivity index (χ4n) is 2.73. The number of thiophene rings is 2. The predicted molar refractivity (Wildman–Crippen MR) is 166 cm³/mol. The first kappa shape index (κ1) is 25.3. The summed E-state index contributed by atoms with van der Waals surface area (Å²) < 4.78 is 8.52. The van der Waals surface area contributed by atoms with Crippen LogP contribution in [0.5, 0.6) is 0 Å². The van der Waals surface area contributed by atoms with Crippen LogP contribution in [0.15, 0.2) is 49.7 Å². The minimum atomic E-state index is 1.02. The fourth-order valence-corrected chi connectivity index (χ4v) is 14.9. The number of hydrogen-bond acceptors (Lipinski definition) is 10. The van der Waals surface area contributed by atoms with Gasteiger partial charge in [-0.1, -0.05) is 47.0 Å². The molecule has 10 heteroatoms. The van der Waals surface area contributed by atoms with Gasteiger partial charge in [-0.05, 0) is 61.4 Å². The van der Waals surface area contributed by atoms with Crippen molar-refractivity contribution in [3.8, 4) is 0 Å². The van der Waals surface area contributed by atoms with Crippen LogP contribution in [0.1, 0.15) is 19.5 Å². The molecular formula is C21H20S10. The Labute approximate surface area is 227 Å². The largest absolute Gasteiger partial charge is 0.141 e. The molecule has 0 radical (unpaired) electrons. The van der Waals surface area contributed by atoms with Crippen LogP contribution in [-0.4, -0.2) is 25.0 Å². The van der Waals surface area contributed by atoms with Gasteiger partial charge in [0.25, 0.3) is 0 Å². The lowest BCUT2D eigenvalue weighted by atomic mass is 10.3. The topological polar surface area (TPSA) is 0 Å². The molecule has 0 aromatic carbocycles. The summed E-state index contributed by atoms with van der Waals surface area (Å²) in [5, 5.41) is 0. The number of rotatable bonds is 8. The Morgan fingerprint density at radius 3 is 1.26 bits per heavy atom. The Hall–Kier alpha value is 1.16. The highest BCUT2D eigenvalue weighted by atomic mass is 32.3. The molecular weight excluding hydrogens is 573 g/mol. The molecule has 2 aromatic heterocycles. The average Bonchev–Trinajstić information content (AvgIpc) is 3.56. The van der Waals surface area contributed by atoms with Crippen LogP contribution in [0, 0.1) is 0 Å². The predicted octanol–water partition coefficient (Wildman–Crippen LogP) is 10.7. The summed E-state index contributed by atoms with van der Waals surface area (Å²) in [6.07, 6.45) is 14.4. The van der Waals surface area contributed by atoms with Crippen LogP contribution in [0.2, 0.25) is 0 Å². The monoisotopic (exact) mass is 592 g/mol. The normalized spacial score (nSPS) is 16.8. The van der Waals surface area contributed by atoms with E-state index in [0.29, 0.717) is 0 Å². The van der Waals surface area contributed by atoms with E-state index < -0.39 is 0 Å². The van der Waals surface area contributed by atoms with Crippen molar-refractivity contribution in [3.63, 3.8) is 0 Å².